The van der Waals surface area contributed by atoms with Crippen LogP contribution in [0.1, 0.15) is 13.3 Å². The summed E-state index contributed by atoms with van der Waals surface area (Å²) in [4.78, 5) is 0. The Morgan fingerprint density at radius 3 is 2.50 bits per heavy atom. The van der Waals surface area contributed by atoms with E-state index in [4.69, 9.17) is 5.21 Å². The van der Waals surface area contributed by atoms with Crippen LogP contribution in [-0.4, -0.2) is 20.4 Å². The van der Waals surface area contributed by atoms with Crippen LogP contribution in [0.2, 0.25) is 12.6 Å². The van der Waals surface area contributed by atoms with E-state index in [1.165, 1.54) is 0 Å². The third-order valence-electron chi connectivity index (χ3n) is 1.09. The summed E-state index contributed by atoms with van der Waals surface area (Å²) in [5, 5.41) is 11.4. The van der Waals surface area contributed by atoms with E-state index in [9.17, 15) is 0 Å². The lowest BCUT2D eigenvalue weighted by atomic mass is 10.3. The molecular formula is C5H13NOSi. The van der Waals surface area contributed by atoms with E-state index in [2.05, 4.69) is 11.7 Å². The van der Waals surface area contributed by atoms with E-state index in [1.807, 2.05) is 6.92 Å². The van der Waals surface area contributed by atoms with Gasteiger partial charge >= 0.3 is 0 Å². The van der Waals surface area contributed by atoms with Crippen LogP contribution in [0.4, 0.5) is 0 Å². The first kappa shape index (κ1) is 7.69. The molecule has 0 saturated heterocycles. The summed E-state index contributed by atoms with van der Waals surface area (Å²) in [6.45, 7) is 4.22. The molecule has 3 heteroatoms. The van der Waals surface area contributed by atoms with Gasteiger partial charge in [-0.1, -0.05) is 18.6 Å². The molecule has 8 heavy (non-hydrogen) atoms. The van der Waals surface area contributed by atoms with E-state index in [1.54, 1.807) is 0 Å². The Morgan fingerprint density at radius 1 is 1.75 bits per heavy atom. The van der Waals surface area contributed by atoms with E-state index >= 15 is 0 Å². The van der Waals surface area contributed by atoms with Gasteiger partial charge in [0, 0.05) is 9.52 Å². The molecule has 0 spiro atoms. The summed E-state index contributed by atoms with van der Waals surface area (Å²) in [6.07, 6.45) is 0.900. The maximum atomic E-state index is 8.27. The highest BCUT2D eigenvalue weighted by atomic mass is 28.2. The average molecular weight is 131 g/mol. The minimum absolute atomic E-state index is 0.0538. The van der Waals surface area contributed by atoms with E-state index in [-0.39, 0.29) is 9.52 Å². The van der Waals surface area contributed by atoms with Gasteiger partial charge in [0.1, 0.15) is 0 Å². The third-order valence-corrected chi connectivity index (χ3v) is 2.17. The van der Waals surface area contributed by atoms with Gasteiger partial charge in [0.25, 0.3) is 0 Å². The summed E-state index contributed by atoms with van der Waals surface area (Å²) >= 11 is 0. The molecule has 0 fully saturated rings. The van der Waals surface area contributed by atoms with Crippen LogP contribution >= 0.6 is 0 Å². The van der Waals surface area contributed by atoms with Crippen LogP contribution in [0.25, 0.3) is 0 Å². The molecule has 0 aliphatic rings. The summed E-state index contributed by atoms with van der Waals surface area (Å²) in [6, 6.07) is 1.06. The number of oxime groups is 1. The Balaban J connectivity index is 3.38. The van der Waals surface area contributed by atoms with Gasteiger partial charge in [-0.05, 0) is 12.5 Å². The van der Waals surface area contributed by atoms with Crippen LogP contribution in [0.15, 0.2) is 5.16 Å². The van der Waals surface area contributed by atoms with E-state index < -0.39 is 0 Å². The Bertz CT molecular complexity index is 82.5. The molecule has 0 aliphatic heterocycles. The maximum Gasteiger partial charge on any atom is 0.0536 e. The first-order valence-electron chi connectivity index (χ1n) is 3.04. The largest absolute Gasteiger partial charge is 0.411 e. The van der Waals surface area contributed by atoms with Gasteiger partial charge in [-0.2, -0.15) is 0 Å². The average Bonchev–Trinajstić information content (AvgIpc) is 1.83. The van der Waals surface area contributed by atoms with Gasteiger partial charge < -0.3 is 5.21 Å². The van der Waals surface area contributed by atoms with Crippen LogP contribution in [0, 0.1) is 0 Å². The molecular weight excluding hydrogens is 118 g/mol. The molecule has 0 bridgehead atoms. The highest BCUT2D eigenvalue weighted by Crippen LogP contribution is 1.90. The second kappa shape index (κ2) is 4.84. The first-order valence-corrected chi connectivity index (χ1v) is 5.46. The zero-order valence-electron chi connectivity index (χ0n) is 5.52. The normalized spacial score (nSPS) is 13.5. The molecule has 1 N–H and O–H groups in total. The van der Waals surface area contributed by atoms with Crippen LogP contribution in [0.5, 0.6) is 0 Å². The molecule has 0 heterocycles. The van der Waals surface area contributed by atoms with Crippen LogP contribution in [-0.2, 0) is 0 Å². The second-order valence-corrected chi connectivity index (χ2v) is 3.27. The maximum absolute atomic E-state index is 8.27. The molecule has 0 amide bonds. The lowest BCUT2D eigenvalue weighted by Gasteiger charge is -1.93. The van der Waals surface area contributed by atoms with Crippen molar-refractivity contribution in [1.82, 2.24) is 0 Å². The summed E-state index contributed by atoms with van der Waals surface area (Å²) in [5.74, 6) is 0. The summed E-state index contributed by atoms with van der Waals surface area (Å²) in [5.41, 5.74) is 0.958. The molecule has 0 aliphatic carbocycles. The standard InChI is InChI=1S/C5H13NOSi/c1-3-5(6-7)4-8-2/h7H,3-4,8H2,1-2H3. The topological polar surface area (TPSA) is 32.6 Å². The fourth-order valence-corrected chi connectivity index (χ4v) is 1.62. The second-order valence-electron chi connectivity index (χ2n) is 1.77. The number of rotatable bonds is 3. The predicted molar refractivity (Wildman–Crippen MR) is 38.7 cm³/mol. The quantitative estimate of drug-likeness (QED) is 0.262. The van der Waals surface area contributed by atoms with Crippen molar-refractivity contribution in [3.8, 4) is 0 Å². The number of hydrogen-bond donors (Lipinski definition) is 1. The Morgan fingerprint density at radius 2 is 2.38 bits per heavy atom. The Labute approximate surface area is 52.4 Å². The highest BCUT2D eigenvalue weighted by Gasteiger charge is 1.91. The number of hydrogen-bond acceptors (Lipinski definition) is 2. The molecule has 0 unspecified atom stereocenters. The van der Waals surface area contributed by atoms with Crippen molar-refractivity contribution < 1.29 is 5.21 Å². The fraction of sp³-hybridized carbons (Fsp3) is 0.800. The van der Waals surface area contributed by atoms with E-state index in [0.29, 0.717) is 0 Å². The molecule has 0 aromatic heterocycles. The van der Waals surface area contributed by atoms with Crippen LogP contribution < -0.4 is 0 Å². The number of nitrogens with zero attached hydrogens (tertiary/aromatic N) is 1. The lowest BCUT2D eigenvalue weighted by molar-refractivity contribution is 0.317. The summed E-state index contributed by atoms with van der Waals surface area (Å²) in [7, 11) is 0.0538. The fourth-order valence-electron chi connectivity index (χ4n) is 0.586. The van der Waals surface area contributed by atoms with E-state index in [0.717, 1.165) is 18.2 Å². The summed E-state index contributed by atoms with van der Waals surface area (Å²) < 4.78 is 0. The van der Waals surface area contributed by atoms with Gasteiger partial charge in [-0.3, -0.25) is 0 Å². The minimum Gasteiger partial charge on any atom is -0.411 e. The van der Waals surface area contributed by atoms with Crippen molar-refractivity contribution >= 4 is 15.2 Å². The first-order chi connectivity index (χ1) is 3.85. The predicted octanol–water partition coefficient (Wildman–Crippen LogP) is 0.862. The minimum atomic E-state index is 0.0538. The van der Waals surface area contributed by atoms with Crippen molar-refractivity contribution in [3.05, 3.63) is 0 Å². The molecule has 0 aromatic carbocycles. The monoisotopic (exact) mass is 131 g/mol. The highest BCUT2D eigenvalue weighted by molar-refractivity contribution is 6.40. The smallest absolute Gasteiger partial charge is 0.0536 e. The van der Waals surface area contributed by atoms with Gasteiger partial charge in [-0.25, -0.2) is 0 Å². The molecule has 48 valence electrons. The van der Waals surface area contributed by atoms with Gasteiger partial charge in [0.2, 0.25) is 0 Å². The molecule has 0 atom stereocenters. The van der Waals surface area contributed by atoms with Crippen molar-refractivity contribution in [2.24, 2.45) is 5.16 Å². The zero-order valence-corrected chi connectivity index (χ0v) is 6.93. The molecule has 0 radical (unpaired) electrons. The van der Waals surface area contributed by atoms with Crippen molar-refractivity contribution in [1.29, 1.82) is 0 Å². The van der Waals surface area contributed by atoms with Gasteiger partial charge in [-0.15, -0.1) is 0 Å². The Hall–Kier alpha value is -0.313. The van der Waals surface area contributed by atoms with Gasteiger partial charge in [0.15, 0.2) is 0 Å². The zero-order chi connectivity index (χ0) is 6.41. The van der Waals surface area contributed by atoms with Crippen LogP contribution in [0.3, 0.4) is 0 Å². The molecule has 2 nitrogen and oxygen atoms in total. The van der Waals surface area contributed by atoms with Crippen molar-refractivity contribution in [2.45, 2.75) is 25.9 Å². The third kappa shape index (κ3) is 2.79. The SMILES string of the molecule is CCC(C[SiH2]C)=NO. The molecule has 0 saturated carbocycles. The lowest BCUT2D eigenvalue weighted by Crippen LogP contribution is -1.97. The Kier molecular flexibility index (Phi) is 4.65. The van der Waals surface area contributed by atoms with Gasteiger partial charge in [0.05, 0.1) is 5.71 Å². The molecule has 0 aromatic rings. The molecule has 0 rings (SSSR count). The van der Waals surface area contributed by atoms with Crippen molar-refractivity contribution in [2.75, 3.05) is 0 Å². The van der Waals surface area contributed by atoms with Crippen molar-refractivity contribution in [3.63, 3.8) is 0 Å².